The van der Waals surface area contributed by atoms with Gasteiger partial charge in [-0.25, -0.2) is 4.79 Å². The molecule has 0 saturated heterocycles. The summed E-state index contributed by atoms with van der Waals surface area (Å²) in [5, 5.41) is 2.08. The second kappa shape index (κ2) is 5.13. The van der Waals surface area contributed by atoms with Gasteiger partial charge in [0.05, 0.1) is 6.61 Å². The summed E-state index contributed by atoms with van der Waals surface area (Å²) in [4.78, 5) is 32.2. The smallest absolute Gasteiger partial charge is 0.338 e. The molecule has 1 unspecified atom stereocenters. The van der Waals surface area contributed by atoms with Gasteiger partial charge in [-0.15, -0.1) is 0 Å². The molecule has 6 nitrogen and oxygen atoms in total. The Bertz CT molecular complexity index is 227. The van der Waals surface area contributed by atoms with E-state index in [-0.39, 0.29) is 6.61 Å². The first-order valence-electron chi connectivity index (χ1n) is 3.72. The van der Waals surface area contributed by atoms with Crippen LogP contribution in [0.3, 0.4) is 0 Å². The summed E-state index contributed by atoms with van der Waals surface area (Å²) >= 11 is 0. The molecule has 0 aromatic rings. The molecular weight excluding hydrogens is 176 g/mol. The van der Waals surface area contributed by atoms with Gasteiger partial charge in [-0.2, -0.15) is 0 Å². The molecule has 0 fully saturated rings. The second-order valence-electron chi connectivity index (χ2n) is 2.29. The Morgan fingerprint density at radius 3 is 2.31 bits per heavy atom. The standard InChI is InChI=1S/C7H12N2O4/c1-3-13-7(12)5(6(8)11)9-4(2)10/h5H,3H2,1-2H3,(H2,8,11)(H,9,10). The van der Waals surface area contributed by atoms with Gasteiger partial charge < -0.3 is 15.8 Å². The monoisotopic (exact) mass is 188 g/mol. The van der Waals surface area contributed by atoms with Crippen LogP contribution in [0.15, 0.2) is 0 Å². The zero-order valence-corrected chi connectivity index (χ0v) is 7.49. The molecular formula is C7H12N2O4. The van der Waals surface area contributed by atoms with E-state index < -0.39 is 23.8 Å². The quantitative estimate of drug-likeness (QED) is 0.416. The third kappa shape index (κ3) is 4.09. The van der Waals surface area contributed by atoms with E-state index in [2.05, 4.69) is 10.1 Å². The number of primary amides is 1. The molecule has 0 aliphatic carbocycles. The van der Waals surface area contributed by atoms with Gasteiger partial charge in [0.25, 0.3) is 5.91 Å². The molecule has 0 aromatic heterocycles. The molecule has 6 heteroatoms. The molecule has 3 N–H and O–H groups in total. The number of carbonyl (C=O) groups excluding carboxylic acids is 3. The molecule has 0 spiro atoms. The molecule has 0 bridgehead atoms. The number of amides is 2. The van der Waals surface area contributed by atoms with Crippen LogP contribution in [0.5, 0.6) is 0 Å². The Balaban J connectivity index is 4.32. The summed E-state index contributed by atoms with van der Waals surface area (Å²) in [6, 6.07) is -1.39. The summed E-state index contributed by atoms with van der Waals surface area (Å²) in [6.07, 6.45) is 0. The molecule has 0 aliphatic heterocycles. The average Bonchev–Trinajstić information content (AvgIpc) is 1.99. The van der Waals surface area contributed by atoms with Crippen LogP contribution in [0.2, 0.25) is 0 Å². The summed E-state index contributed by atoms with van der Waals surface area (Å²) in [5.41, 5.74) is 4.86. The van der Waals surface area contributed by atoms with Crippen LogP contribution in [-0.2, 0) is 19.1 Å². The summed E-state index contributed by atoms with van der Waals surface area (Å²) < 4.78 is 4.51. The molecule has 74 valence electrons. The van der Waals surface area contributed by atoms with E-state index in [4.69, 9.17) is 5.73 Å². The Labute approximate surface area is 75.4 Å². The highest BCUT2D eigenvalue weighted by Gasteiger charge is 2.26. The lowest BCUT2D eigenvalue weighted by molar-refractivity contribution is -0.150. The van der Waals surface area contributed by atoms with Crippen LogP contribution in [0.1, 0.15) is 13.8 Å². The zero-order chi connectivity index (χ0) is 10.4. The Kier molecular flexibility index (Phi) is 4.50. The fraction of sp³-hybridized carbons (Fsp3) is 0.571. The van der Waals surface area contributed by atoms with Crippen LogP contribution in [0, 0.1) is 0 Å². The zero-order valence-electron chi connectivity index (χ0n) is 7.49. The fourth-order valence-corrected chi connectivity index (χ4v) is 0.675. The number of nitrogens with two attached hydrogens (primary N) is 1. The van der Waals surface area contributed by atoms with Gasteiger partial charge in [0, 0.05) is 6.92 Å². The maximum absolute atomic E-state index is 11.0. The summed E-state index contributed by atoms with van der Waals surface area (Å²) in [6.45, 7) is 2.89. The largest absolute Gasteiger partial charge is 0.464 e. The third-order valence-corrected chi connectivity index (χ3v) is 1.15. The minimum absolute atomic E-state index is 0.127. The van der Waals surface area contributed by atoms with Gasteiger partial charge in [-0.05, 0) is 6.92 Å². The van der Waals surface area contributed by atoms with Crippen LogP contribution in [-0.4, -0.2) is 30.4 Å². The number of hydrogen-bond donors (Lipinski definition) is 2. The van der Waals surface area contributed by atoms with E-state index in [1.165, 1.54) is 6.92 Å². The Morgan fingerprint density at radius 1 is 1.46 bits per heavy atom. The predicted molar refractivity (Wildman–Crippen MR) is 43.4 cm³/mol. The van der Waals surface area contributed by atoms with E-state index in [0.717, 1.165) is 0 Å². The van der Waals surface area contributed by atoms with Crippen LogP contribution < -0.4 is 11.1 Å². The van der Waals surface area contributed by atoms with E-state index >= 15 is 0 Å². The number of nitrogens with one attached hydrogen (secondary N) is 1. The molecule has 13 heavy (non-hydrogen) atoms. The van der Waals surface area contributed by atoms with Crippen molar-refractivity contribution in [2.45, 2.75) is 19.9 Å². The molecule has 1 atom stereocenters. The molecule has 2 amide bonds. The molecule has 0 aliphatic rings. The van der Waals surface area contributed by atoms with Gasteiger partial charge in [-0.1, -0.05) is 0 Å². The molecule has 0 radical (unpaired) electrons. The maximum atomic E-state index is 11.0. The van der Waals surface area contributed by atoms with Gasteiger partial charge in [0.1, 0.15) is 0 Å². The van der Waals surface area contributed by atoms with Crippen molar-refractivity contribution in [2.75, 3.05) is 6.61 Å². The minimum Gasteiger partial charge on any atom is -0.464 e. The van der Waals surface area contributed by atoms with Gasteiger partial charge >= 0.3 is 5.97 Å². The van der Waals surface area contributed by atoms with Crippen molar-refractivity contribution in [3.63, 3.8) is 0 Å². The number of carbonyl (C=O) groups is 3. The van der Waals surface area contributed by atoms with E-state index in [0.29, 0.717) is 0 Å². The highest BCUT2D eigenvalue weighted by atomic mass is 16.5. The number of rotatable bonds is 4. The van der Waals surface area contributed by atoms with Gasteiger partial charge in [0.2, 0.25) is 11.9 Å². The highest BCUT2D eigenvalue weighted by molar-refractivity contribution is 6.03. The Hall–Kier alpha value is -1.59. The highest BCUT2D eigenvalue weighted by Crippen LogP contribution is 1.88. The first-order valence-corrected chi connectivity index (χ1v) is 3.72. The minimum atomic E-state index is -1.39. The molecule has 0 saturated carbocycles. The molecule has 0 rings (SSSR count). The lowest BCUT2D eigenvalue weighted by Gasteiger charge is -2.11. The summed E-state index contributed by atoms with van der Waals surface area (Å²) in [7, 11) is 0. The van der Waals surface area contributed by atoms with Crippen molar-refractivity contribution in [1.29, 1.82) is 0 Å². The number of esters is 1. The molecule has 0 heterocycles. The van der Waals surface area contributed by atoms with Crippen molar-refractivity contribution in [2.24, 2.45) is 5.73 Å². The lowest BCUT2D eigenvalue weighted by atomic mass is 10.3. The van der Waals surface area contributed by atoms with Crippen molar-refractivity contribution < 1.29 is 19.1 Å². The third-order valence-electron chi connectivity index (χ3n) is 1.15. The number of hydrogen-bond acceptors (Lipinski definition) is 4. The number of ether oxygens (including phenoxy) is 1. The first kappa shape index (κ1) is 11.4. The topological polar surface area (TPSA) is 98.5 Å². The lowest BCUT2D eigenvalue weighted by Crippen LogP contribution is -2.49. The van der Waals surface area contributed by atoms with Crippen molar-refractivity contribution in [1.82, 2.24) is 5.32 Å². The predicted octanol–water partition coefficient (Wildman–Crippen LogP) is -1.46. The average molecular weight is 188 g/mol. The normalized spacial score (nSPS) is 11.5. The van der Waals surface area contributed by atoms with Crippen LogP contribution >= 0.6 is 0 Å². The van der Waals surface area contributed by atoms with E-state index in [9.17, 15) is 14.4 Å². The van der Waals surface area contributed by atoms with Crippen molar-refractivity contribution in [3.05, 3.63) is 0 Å². The molecule has 0 aromatic carbocycles. The Morgan fingerprint density at radius 2 is 2.00 bits per heavy atom. The first-order chi connectivity index (χ1) is 5.99. The van der Waals surface area contributed by atoms with Crippen molar-refractivity contribution in [3.8, 4) is 0 Å². The fourth-order valence-electron chi connectivity index (χ4n) is 0.675. The second-order valence-corrected chi connectivity index (χ2v) is 2.29. The van der Waals surface area contributed by atoms with Crippen LogP contribution in [0.25, 0.3) is 0 Å². The van der Waals surface area contributed by atoms with Gasteiger partial charge in [0.15, 0.2) is 0 Å². The SMILES string of the molecule is CCOC(=O)C(NC(C)=O)C(N)=O. The van der Waals surface area contributed by atoms with Crippen LogP contribution in [0.4, 0.5) is 0 Å². The maximum Gasteiger partial charge on any atom is 0.338 e. The van der Waals surface area contributed by atoms with Crippen molar-refractivity contribution >= 4 is 17.8 Å². The van der Waals surface area contributed by atoms with E-state index in [1.807, 2.05) is 0 Å². The van der Waals surface area contributed by atoms with Gasteiger partial charge in [-0.3, -0.25) is 9.59 Å². The summed E-state index contributed by atoms with van der Waals surface area (Å²) in [5.74, 6) is -2.30. The van der Waals surface area contributed by atoms with E-state index in [1.54, 1.807) is 6.92 Å².